The van der Waals surface area contributed by atoms with Gasteiger partial charge in [0.15, 0.2) is 0 Å². The van der Waals surface area contributed by atoms with Crippen LogP contribution in [-0.4, -0.2) is 47.8 Å². The number of aryl methyl sites for hydroxylation is 1. The number of anilines is 2. The highest BCUT2D eigenvalue weighted by Crippen LogP contribution is 2.13. The first-order valence-electron chi connectivity index (χ1n) is 6.53. The van der Waals surface area contributed by atoms with Crippen LogP contribution in [0.5, 0.6) is 0 Å². The number of nitrogens with zero attached hydrogens (tertiary/aromatic N) is 3. The van der Waals surface area contributed by atoms with Crippen LogP contribution in [0.1, 0.15) is 19.7 Å². The van der Waals surface area contributed by atoms with Crippen molar-refractivity contribution in [2.24, 2.45) is 0 Å². The molecule has 0 radical (unpaired) electrons. The van der Waals surface area contributed by atoms with Crippen molar-refractivity contribution in [3.05, 3.63) is 11.9 Å². The molecule has 6 nitrogen and oxygen atoms in total. The number of nitrogens with one attached hydrogen (secondary N) is 2. The molecule has 0 aliphatic carbocycles. The second-order valence-corrected chi connectivity index (χ2v) is 4.15. The minimum Gasteiger partial charge on any atom is -0.379 e. The van der Waals surface area contributed by atoms with Crippen LogP contribution in [0.25, 0.3) is 0 Å². The van der Waals surface area contributed by atoms with Gasteiger partial charge in [-0.25, -0.2) is 15.0 Å². The van der Waals surface area contributed by atoms with Gasteiger partial charge in [0.25, 0.3) is 0 Å². The fourth-order valence-electron chi connectivity index (χ4n) is 1.82. The van der Waals surface area contributed by atoms with E-state index >= 15 is 0 Å². The maximum atomic E-state index is 5.32. The summed E-state index contributed by atoms with van der Waals surface area (Å²) in [5.41, 5.74) is 3.32. The number of morpholine rings is 1. The van der Waals surface area contributed by atoms with Gasteiger partial charge in [0.2, 0.25) is 0 Å². The predicted octanol–water partition coefficient (Wildman–Crippen LogP) is 1.13. The maximum Gasteiger partial charge on any atom is 0.146 e. The van der Waals surface area contributed by atoms with E-state index in [9.17, 15) is 0 Å². The Hall–Kier alpha value is -1.40. The number of hydrazine groups is 1. The van der Waals surface area contributed by atoms with Gasteiger partial charge in [0.1, 0.15) is 17.5 Å². The van der Waals surface area contributed by atoms with Gasteiger partial charge >= 0.3 is 0 Å². The molecule has 1 aromatic rings. The summed E-state index contributed by atoms with van der Waals surface area (Å²) < 4.78 is 5.32. The molecule has 2 heterocycles. The zero-order valence-corrected chi connectivity index (χ0v) is 11.1. The summed E-state index contributed by atoms with van der Waals surface area (Å²) in [5.74, 6) is 2.57. The Morgan fingerprint density at radius 1 is 1.22 bits per heavy atom. The average Bonchev–Trinajstić information content (AvgIpc) is 2.40. The lowest BCUT2D eigenvalue weighted by Crippen LogP contribution is -2.40. The molecule has 0 aromatic carbocycles. The second kappa shape index (κ2) is 6.51. The monoisotopic (exact) mass is 251 g/mol. The molecule has 0 spiro atoms. The summed E-state index contributed by atoms with van der Waals surface area (Å²) in [5, 5.41) is 5.35. The molecule has 1 saturated heterocycles. The van der Waals surface area contributed by atoms with Gasteiger partial charge in [-0.3, -0.25) is 0 Å². The molecule has 1 aliphatic rings. The van der Waals surface area contributed by atoms with Crippen molar-refractivity contribution in [1.82, 2.24) is 15.0 Å². The molecular formula is C12H21N5O. The topological polar surface area (TPSA) is 62.3 Å². The van der Waals surface area contributed by atoms with E-state index in [0.29, 0.717) is 0 Å². The van der Waals surface area contributed by atoms with Crippen molar-refractivity contribution >= 4 is 11.6 Å². The van der Waals surface area contributed by atoms with Crippen molar-refractivity contribution in [3.63, 3.8) is 0 Å². The van der Waals surface area contributed by atoms with Crippen molar-refractivity contribution in [2.45, 2.75) is 20.3 Å². The quantitative estimate of drug-likeness (QED) is 0.818. The third kappa shape index (κ3) is 3.54. The first kappa shape index (κ1) is 13.0. The third-order valence-electron chi connectivity index (χ3n) is 2.73. The Kier molecular flexibility index (Phi) is 4.72. The fourth-order valence-corrected chi connectivity index (χ4v) is 1.82. The Bertz CT molecular complexity index is 379. The van der Waals surface area contributed by atoms with E-state index in [1.807, 2.05) is 6.07 Å². The minimum absolute atomic E-state index is 0.763. The lowest BCUT2D eigenvalue weighted by Gasteiger charge is -2.27. The van der Waals surface area contributed by atoms with E-state index in [1.165, 1.54) is 0 Å². The molecule has 1 aromatic heterocycles. The summed E-state index contributed by atoms with van der Waals surface area (Å²) >= 11 is 0. The van der Waals surface area contributed by atoms with E-state index in [0.717, 1.165) is 56.7 Å². The molecule has 2 rings (SSSR count). The summed E-state index contributed by atoms with van der Waals surface area (Å²) in [6.45, 7) is 8.26. The molecule has 0 amide bonds. The molecule has 0 saturated carbocycles. The zero-order valence-electron chi connectivity index (χ0n) is 11.1. The van der Waals surface area contributed by atoms with Gasteiger partial charge in [0, 0.05) is 32.1 Å². The van der Waals surface area contributed by atoms with Crippen LogP contribution >= 0.6 is 0 Å². The number of hydrogen-bond donors (Lipinski definition) is 2. The molecule has 1 aliphatic heterocycles. The van der Waals surface area contributed by atoms with E-state index < -0.39 is 0 Å². The van der Waals surface area contributed by atoms with E-state index in [4.69, 9.17) is 4.74 Å². The molecule has 6 heteroatoms. The first-order chi connectivity index (χ1) is 8.81. The van der Waals surface area contributed by atoms with Crippen molar-refractivity contribution in [1.29, 1.82) is 0 Å². The number of hydrogen-bond acceptors (Lipinski definition) is 6. The molecule has 18 heavy (non-hydrogen) atoms. The molecule has 0 unspecified atom stereocenters. The lowest BCUT2D eigenvalue weighted by atomic mass is 10.4. The number of rotatable bonds is 5. The summed E-state index contributed by atoms with van der Waals surface area (Å²) in [6, 6.07) is 1.94. The van der Waals surface area contributed by atoms with Gasteiger partial charge < -0.3 is 15.5 Å². The Balaban J connectivity index is 2.07. The van der Waals surface area contributed by atoms with E-state index in [-0.39, 0.29) is 0 Å². The second-order valence-electron chi connectivity index (χ2n) is 4.15. The number of ether oxygens (including phenoxy) is 1. The van der Waals surface area contributed by atoms with Crippen molar-refractivity contribution < 1.29 is 4.74 Å². The fraction of sp³-hybridized carbons (Fsp3) is 0.667. The smallest absolute Gasteiger partial charge is 0.146 e. The van der Waals surface area contributed by atoms with E-state index in [1.54, 1.807) is 0 Å². The van der Waals surface area contributed by atoms with Crippen LogP contribution in [0.15, 0.2) is 6.07 Å². The normalized spacial score (nSPS) is 16.6. The number of aromatic nitrogens is 2. The van der Waals surface area contributed by atoms with Crippen LogP contribution in [0.4, 0.5) is 11.6 Å². The van der Waals surface area contributed by atoms with Crippen molar-refractivity contribution in [3.8, 4) is 0 Å². The molecule has 0 atom stereocenters. The van der Waals surface area contributed by atoms with Gasteiger partial charge in [-0.15, -0.1) is 0 Å². The van der Waals surface area contributed by atoms with E-state index in [2.05, 4.69) is 39.6 Å². The SMILES string of the molecule is CCNc1cc(NN2CCOCC2)nc(CC)n1. The summed E-state index contributed by atoms with van der Waals surface area (Å²) in [4.78, 5) is 8.91. The van der Waals surface area contributed by atoms with Crippen LogP contribution in [0, 0.1) is 0 Å². The first-order valence-corrected chi connectivity index (χ1v) is 6.53. The summed E-state index contributed by atoms with van der Waals surface area (Å²) in [6.07, 6.45) is 0.830. The molecule has 1 fully saturated rings. The zero-order chi connectivity index (χ0) is 12.8. The molecular weight excluding hydrogens is 230 g/mol. The summed E-state index contributed by atoms with van der Waals surface area (Å²) in [7, 11) is 0. The van der Waals surface area contributed by atoms with Crippen LogP contribution in [-0.2, 0) is 11.2 Å². The van der Waals surface area contributed by atoms with Crippen LogP contribution in [0.2, 0.25) is 0 Å². The molecule has 2 N–H and O–H groups in total. The highest BCUT2D eigenvalue weighted by atomic mass is 16.5. The standard InChI is InChI=1S/C12H21N5O/c1-3-10-14-11(13-4-2)9-12(15-10)16-17-5-7-18-8-6-17/h9H,3-8H2,1-2H3,(H2,13,14,15,16). The largest absolute Gasteiger partial charge is 0.379 e. The third-order valence-corrected chi connectivity index (χ3v) is 2.73. The van der Waals surface area contributed by atoms with Crippen LogP contribution < -0.4 is 10.7 Å². The lowest BCUT2D eigenvalue weighted by molar-refractivity contribution is 0.0495. The highest BCUT2D eigenvalue weighted by Gasteiger charge is 2.11. The van der Waals surface area contributed by atoms with Gasteiger partial charge in [-0.1, -0.05) is 6.92 Å². The van der Waals surface area contributed by atoms with Crippen LogP contribution in [0.3, 0.4) is 0 Å². The van der Waals surface area contributed by atoms with Gasteiger partial charge in [-0.2, -0.15) is 0 Å². The Labute approximate surface area is 108 Å². The Morgan fingerprint density at radius 3 is 2.61 bits per heavy atom. The highest BCUT2D eigenvalue weighted by molar-refractivity contribution is 5.47. The predicted molar refractivity (Wildman–Crippen MR) is 71.6 cm³/mol. The minimum atomic E-state index is 0.763. The average molecular weight is 251 g/mol. The molecule has 100 valence electrons. The maximum absolute atomic E-state index is 5.32. The van der Waals surface area contributed by atoms with Gasteiger partial charge in [0.05, 0.1) is 13.2 Å². The van der Waals surface area contributed by atoms with Gasteiger partial charge in [-0.05, 0) is 6.92 Å². The molecule has 0 bridgehead atoms. The van der Waals surface area contributed by atoms with Crippen molar-refractivity contribution in [2.75, 3.05) is 43.6 Å². The Morgan fingerprint density at radius 2 is 1.94 bits per heavy atom.